The molecule has 2 N–H and O–H groups in total. The Hall–Kier alpha value is -2.47. The van der Waals surface area contributed by atoms with Crippen LogP contribution in [0.4, 0.5) is 5.69 Å². The van der Waals surface area contributed by atoms with Gasteiger partial charge in [-0.2, -0.15) is 0 Å². The lowest BCUT2D eigenvalue weighted by molar-refractivity contribution is -0.153. The number of benzene rings is 1. The number of carbonyl (C=O) groups excluding carboxylic acids is 2. The van der Waals surface area contributed by atoms with Crippen molar-refractivity contribution in [2.75, 3.05) is 18.0 Å². The van der Waals surface area contributed by atoms with Crippen LogP contribution in [-0.2, 0) is 14.3 Å². The second kappa shape index (κ2) is 6.75. The van der Waals surface area contributed by atoms with Crippen molar-refractivity contribution in [2.45, 2.75) is 26.4 Å². The van der Waals surface area contributed by atoms with Crippen LogP contribution < -0.4 is 10.6 Å². The molecule has 2 aromatic rings. The highest BCUT2D eigenvalue weighted by atomic mass is 16.6. The molecule has 122 valence electrons. The number of pyridine rings is 1. The van der Waals surface area contributed by atoms with Gasteiger partial charge in [0.15, 0.2) is 0 Å². The molecular formula is C17H21N3O3. The average molecular weight is 315 g/mol. The van der Waals surface area contributed by atoms with Crippen LogP contribution >= 0.6 is 0 Å². The molecule has 1 heterocycles. The van der Waals surface area contributed by atoms with Gasteiger partial charge in [0.2, 0.25) is 5.91 Å². The smallest absolute Gasteiger partial charge is 0.326 e. The van der Waals surface area contributed by atoms with Crippen molar-refractivity contribution in [3.63, 3.8) is 0 Å². The van der Waals surface area contributed by atoms with Crippen LogP contribution in [0.1, 0.15) is 20.8 Å². The molecule has 1 amide bonds. The van der Waals surface area contributed by atoms with Gasteiger partial charge in [0.05, 0.1) is 12.2 Å². The number of carbonyl (C=O) groups is 2. The van der Waals surface area contributed by atoms with Crippen molar-refractivity contribution in [1.29, 1.82) is 0 Å². The van der Waals surface area contributed by atoms with E-state index < -0.39 is 11.6 Å². The quantitative estimate of drug-likeness (QED) is 0.871. The number of anilines is 1. The summed E-state index contributed by atoms with van der Waals surface area (Å²) in [5, 5.41) is 1.71. The van der Waals surface area contributed by atoms with E-state index in [-0.39, 0.29) is 19.0 Å². The number of ether oxygens (including phenoxy) is 1. The Bertz CT molecular complexity index is 717. The number of hydrogen-bond donors (Lipinski definition) is 1. The maximum atomic E-state index is 12.2. The summed E-state index contributed by atoms with van der Waals surface area (Å²) < 4.78 is 5.31. The van der Waals surface area contributed by atoms with Crippen LogP contribution in [0.2, 0.25) is 0 Å². The highest BCUT2D eigenvalue weighted by Gasteiger charge is 2.23. The molecule has 6 heteroatoms. The summed E-state index contributed by atoms with van der Waals surface area (Å²) >= 11 is 0. The number of rotatable bonds is 4. The SMILES string of the molecule is CC(C)(C)OC(=O)CN(C(=O)CN)c1cccc2cnccc12. The Labute approximate surface area is 135 Å². The molecule has 23 heavy (non-hydrogen) atoms. The molecule has 0 fully saturated rings. The third kappa shape index (κ3) is 4.26. The van der Waals surface area contributed by atoms with E-state index in [9.17, 15) is 9.59 Å². The fourth-order valence-electron chi connectivity index (χ4n) is 2.26. The molecule has 0 atom stereocenters. The van der Waals surface area contributed by atoms with Crippen LogP contribution in [-0.4, -0.2) is 35.6 Å². The van der Waals surface area contributed by atoms with Crippen LogP contribution in [0.25, 0.3) is 10.8 Å². The van der Waals surface area contributed by atoms with Crippen LogP contribution in [0.5, 0.6) is 0 Å². The summed E-state index contributed by atoms with van der Waals surface area (Å²) in [6, 6.07) is 7.28. The van der Waals surface area contributed by atoms with Crippen molar-refractivity contribution in [2.24, 2.45) is 5.73 Å². The lowest BCUT2D eigenvalue weighted by Gasteiger charge is -2.25. The molecule has 0 radical (unpaired) electrons. The lowest BCUT2D eigenvalue weighted by Crippen LogP contribution is -2.41. The van der Waals surface area contributed by atoms with Gasteiger partial charge in [0.1, 0.15) is 12.1 Å². The van der Waals surface area contributed by atoms with E-state index in [1.165, 1.54) is 4.90 Å². The molecular weight excluding hydrogens is 294 g/mol. The van der Waals surface area contributed by atoms with Crippen molar-refractivity contribution < 1.29 is 14.3 Å². The third-order valence-electron chi connectivity index (χ3n) is 3.13. The summed E-state index contributed by atoms with van der Waals surface area (Å²) in [5.41, 5.74) is 5.50. The van der Waals surface area contributed by atoms with Gasteiger partial charge in [0.25, 0.3) is 0 Å². The number of hydrogen-bond acceptors (Lipinski definition) is 5. The first kappa shape index (κ1) is 16.9. The minimum absolute atomic E-state index is 0.186. The maximum absolute atomic E-state index is 12.2. The number of esters is 1. The van der Waals surface area contributed by atoms with Crippen molar-refractivity contribution in [1.82, 2.24) is 4.98 Å². The monoisotopic (exact) mass is 315 g/mol. The van der Waals surface area contributed by atoms with E-state index in [1.807, 2.05) is 12.1 Å². The molecule has 6 nitrogen and oxygen atoms in total. The molecule has 0 spiro atoms. The zero-order valence-corrected chi connectivity index (χ0v) is 13.6. The molecule has 0 unspecified atom stereocenters. The van der Waals surface area contributed by atoms with E-state index >= 15 is 0 Å². The Morgan fingerprint density at radius 1 is 1.26 bits per heavy atom. The van der Waals surface area contributed by atoms with Gasteiger partial charge in [-0.3, -0.25) is 19.5 Å². The molecule has 0 aliphatic carbocycles. The van der Waals surface area contributed by atoms with Gasteiger partial charge in [-0.25, -0.2) is 0 Å². The molecule has 0 saturated heterocycles. The summed E-state index contributed by atoms with van der Waals surface area (Å²) in [6.07, 6.45) is 3.35. The van der Waals surface area contributed by atoms with Gasteiger partial charge in [-0.1, -0.05) is 12.1 Å². The number of nitrogens with two attached hydrogens (primary N) is 1. The Balaban J connectivity index is 2.38. The second-order valence-electron chi connectivity index (χ2n) is 6.14. The highest BCUT2D eigenvalue weighted by molar-refractivity contribution is 6.06. The number of nitrogens with zero attached hydrogens (tertiary/aromatic N) is 2. The predicted molar refractivity (Wildman–Crippen MR) is 89.0 cm³/mol. The van der Waals surface area contributed by atoms with Gasteiger partial charge >= 0.3 is 5.97 Å². The minimum Gasteiger partial charge on any atom is -0.459 e. The number of amides is 1. The van der Waals surface area contributed by atoms with Crippen LogP contribution in [0.15, 0.2) is 36.7 Å². The Morgan fingerprint density at radius 3 is 2.65 bits per heavy atom. The third-order valence-corrected chi connectivity index (χ3v) is 3.13. The average Bonchev–Trinajstić information content (AvgIpc) is 2.50. The van der Waals surface area contributed by atoms with Gasteiger partial charge in [0, 0.05) is 23.2 Å². The van der Waals surface area contributed by atoms with E-state index in [2.05, 4.69) is 4.98 Å². The van der Waals surface area contributed by atoms with E-state index in [0.717, 1.165) is 10.8 Å². The summed E-state index contributed by atoms with van der Waals surface area (Å²) in [7, 11) is 0. The normalized spacial score (nSPS) is 11.3. The van der Waals surface area contributed by atoms with Crippen molar-refractivity contribution >= 4 is 28.3 Å². The molecule has 0 bridgehead atoms. The largest absolute Gasteiger partial charge is 0.459 e. The highest BCUT2D eigenvalue weighted by Crippen LogP contribution is 2.26. The Kier molecular flexibility index (Phi) is 4.95. The second-order valence-corrected chi connectivity index (χ2v) is 6.14. The molecule has 0 saturated carbocycles. The predicted octanol–water partition coefficient (Wildman–Crippen LogP) is 1.87. The first-order valence-corrected chi connectivity index (χ1v) is 7.37. The van der Waals surface area contributed by atoms with Crippen LogP contribution in [0.3, 0.4) is 0 Å². The molecule has 2 rings (SSSR count). The fraction of sp³-hybridized carbons (Fsp3) is 0.353. The maximum Gasteiger partial charge on any atom is 0.326 e. The van der Waals surface area contributed by atoms with Crippen LogP contribution in [0, 0.1) is 0 Å². The number of fused-ring (bicyclic) bond motifs is 1. The molecule has 1 aromatic heterocycles. The van der Waals surface area contributed by atoms with Crippen molar-refractivity contribution in [3.05, 3.63) is 36.7 Å². The Morgan fingerprint density at radius 2 is 2.00 bits per heavy atom. The van der Waals surface area contributed by atoms with Crippen molar-refractivity contribution in [3.8, 4) is 0 Å². The molecule has 0 aliphatic rings. The number of aromatic nitrogens is 1. The summed E-state index contributed by atoms with van der Waals surface area (Å²) in [4.78, 5) is 29.8. The summed E-state index contributed by atoms with van der Waals surface area (Å²) in [6.45, 7) is 4.97. The first-order valence-electron chi connectivity index (χ1n) is 7.37. The zero-order chi connectivity index (χ0) is 17.0. The molecule has 1 aromatic carbocycles. The fourth-order valence-corrected chi connectivity index (χ4v) is 2.26. The zero-order valence-electron chi connectivity index (χ0n) is 13.6. The minimum atomic E-state index is -0.614. The standard InChI is InChI=1S/C17H21N3O3/c1-17(2,3)23-16(22)11-20(15(21)9-18)14-6-4-5-12-10-19-8-7-13(12)14/h4-8,10H,9,11,18H2,1-3H3. The van der Waals surface area contributed by atoms with E-state index in [0.29, 0.717) is 5.69 Å². The first-order chi connectivity index (χ1) is 10.8. The molecule has 0 aliphatic heterocycles. The summed E-state index contributed by atoms with van der Waals surface area (Å²) in [5.74, 6) is -0.828. The lowest BCUT2D eigenvalue weighted by atomic mass is 10.1. The topological polar surface area (TPSA) is 85.5 Å². The van der Waals surface area contributed by atoms with E-state index in [1.54, 1.807) is 45.3 Å². The van der Waals surface area contributed by atoms with E-state index in [4.69, 9.17) is 10.5 Å². The van der Waals surface area contributed by atoms with Gasteiger partial charge in [-0.05, 0) is 32.9 Å². The van der Waals surface area contributed by atoms with Gasteiger partial charge in [-0.15, -0.1) is 0 Å². The van der Waals surface area contributed by atoms with Gasteiger partial charge < -0.3 is 10.5 Å².